The molecule has 2 atom stereocenters. The Labute approximate surface area is 190 Å². The summed E-state index contributed by atoms with van der Waals surface area (Å²) in [5, 5.41) is 6.76. The Morgan fingerprint density at radius 1 is 1.23 bits per heavy atom. The number of thiocarbonyl (C=S) groups is 1. The van der Waals surface area contributed by atoms with Gasteiger partial charge in [-0.3, -0.25) is 4.98 Å². The Kier molecular flexibility index (Phi) is 6.53. The molecule has 0 saturated carbocycles. The summed E-state index contributed by atoms with van der Waals surface area (Å²) in [5.41, 5.74) is 3.09. The molecule has 30 heavy (non-hydrogen) atoms. The number of hydrogen-bond acceptors (Lipinski definition) is 5. The molecule has 1 N–H and O–H groups in total. The van der Waals surface area contributed by atoms with E-state index in [1.807, 2.05) is 42.6 Å². The van der Waals surface area contributed by atoms with Gasteiger partial charge in [-0.05, 0) is 66.5 Å². The first kappa shape index (κ1) is 21.1. The fourth-order valence-electron chi connectivity index (χ4n) is 3.58. The van der Waals surface area contributed by atoms with E-state index < -0.39 is 0 Å². The second-order valence-corrected chi connectivity index (χ2v) is 8.66. The van der Waals surface area contributed by atoms with Gasteiger partial charge in [-0.15, -0.1) is 11.3 Å². The molecule has 3 aromatic rings. The summed E-state index contributed by atoms with van der Waals surface area (Å²) in [4.78, 5) is 7.95. The highest BCUT2D eigenvalue weighted by atomic mass is 35.5. The maximum atomic E-state index is 6.53. The summed E-state index contributed by atoms with van der Waals surface area (Å²) in [5.74, 6) is 0.626. The highest BCUT2D eigenvalue weighted by molar-refractivity contribution is 7.80. The van der Waals surface area contributed by atoms with Crippen molar-refractivity contribution in [3.8, 4) is 5.75 Å². The van der Waals surface area contributed by atoms with Gasteiger partial charge < -0.3 is 19.7 Å². The third-order valence-electron chi connectivity index (χ3n) is 5.01. The summed E-state index contributed by atoms with van der Waals surface area (Å²) >= 11 is 14.0. The van der Waals surface area contributed by atoms with Crippen molar-refractivity contribution in [2.24, 2.45) is 0 Å². The quantitative estimate of drug-likeness (QED) is 0.381. The van der Waals surface area contributed by atoms with E-state index in [1.54, 1.807) is 18.4 Å². The molecule has 8 heteroatoms. The molecule has 0 radical (unpaired) electrons. The largest absolute Gasteiger partial charge is 0.490 e. The monoisotopic (exact) mass is 459 g/mol. The molecule has 0 bridgehead atoms. The average Bonchev–Trinajstić information content (AvgIpc) is 3.32. The van der Waals surface area contributed by atoms with E-state index in [0.29, 0.717) is 29.1 Å². The second-order valence-electron chi connectivity index (χ2n) is 6.92. The predicted octanol–water partition coefficient (Wildman–Crippen LogP) is 5.31. The van der Waals surface area contributed by atoms with Gasteiger partial charge in [-0.1, -0.05) is 17.7 Å². The van der Waals surface area contributed by atoms with Crippen molar-refractivity contribution in [2.75, 3.05) is 25.2 Å². The average molecular weight is 460 g/mol. The van der Waals surface area contributed by atoms with Gasteiger partial charge in [0.25, 0.3) is 0 Å². The van der Waals surface area contributed by atoms with E-state index in [0.717, 1.165) is 11.4 Å². The summed E-state index contributed by atoms with van der Waals surface area (Å²) in [6.45, 7) is 3.07. The van der Waals surface area contributed by atoms with Crippen LogP contribution < -0.4 is 15.0 Å². The van der Waals surface area contributed by atoms with Crippen LogP contribution in [0.2, 0.25) is 5.02 Å². The van der Waals surface area contributed by atoms with Crippen LogP contribution in [0.25, 0.3) is 0 Å². The zero-order valence-electron chi connectivity index (χ0n) is 16.7. The highest BCUT2D eigenvalue weighted by Gasteiger charge is 2.42. The SMILES string of the molecule is COCCOc1ccc(N2C(=S)N[C@@H](c3ccccn3)[C@@H]2c2sccc2C)cc1Cl. The lowest BCUT2D eigenvalue weighted by Crippen LogP contribution is -2.29. The van der Waals surface area contributed by atoms with Crippen LogP contribution in [0.4, 0.5) is 5.69 Å². The molecule has 1 aliphatic heterocycles. The molecule has 0 unspecified atom stereocenters. The van der Waals surface area contributed by atoms with Crippen LogP contribution in [0.5, 0.6) is 5.75 Å². The molecule has 0 amide bonds. The van der Waals surface area contributed by atoms with Crippen molar-refractivity contribution in [2.45, 2.75) is 19.0 Å². The lowest BCUT2D eigenvalue weighted by atomic mass is 10.0. The number of halogens is 1. The zero-order chi connectivity index (χ0) is 21.1. The highest BCUT2D eigenvalue weighted by Crippen LogP contribution is 2.45. The van der Waals surface area contributed by atoms with Crippen LogP contribution in [0.3, 0.4) is 0 Å². The van der Waals surface area contributed by atoms with Crippen LogP contribution in [-0.2, 0) is 4.74 Å². The van der Waals surface area contributed by atoms with Gasteiger partial charge in [0.2, 0.25) is 0 Å². The number of benzene rings is 1. The molecule has 2 aromatic heterocycles. The number of aryl methyl sites for hydroxylation is 1. The lowest BCUT2D eigenvalue weighted by molar-refractivity contribution is 0.146. The minimum atomic E-state index is -0.0625. The minimum absolute atomic E-state index is 0.0243. The molecule has 1 saturated heterocycles. The number of ether oxygens (including phenoxy) is 2. The molecule has 4 rings (SSSR count). The number of methoxy groups -OCH3 is 1. The van der Waals surface area contributed by atoms with Crippen molar-refractivity contribution < 1.29 is 9.47 Å². The number of pyridine rings is 1. The first-order valence-corrected chi connectivity index (χ1v) is 11.2. The van der Waals surface area contributed by atoms with Crippen molar-refractivity contribution in [1.29, 1.82) is 0 Å². The lowest BCUT2D eigenvalue weighted by Gasteiger charge is -2.28. The fourth-order valence-corrected chi connectivity index (χ4v) is 5.21. The number of anilines is 1. The Balaban J connectivity index is 1.71. The molecular formula is C22H22ClN3O2S2. The topological polar surface area (TPSA) is 46.6 Å². The first-order chi connectivity index (χ1) is 14.6. The van der Waals surface area contributed by atoms with E-state index in [-0.39, 0.29) is 12.1 Å². The molecular weight excluding hydrogens is 438 g/mol. The second kappa shape index (κ2) is 9.31. The van der Waals surface area contributed by atoms with Gasteiger partial charge in [-0.2, -0.15) is 0 Å². The van der Waals surface area contributed by atoms with Gasteiger partial charge in [0.05, 0.1) is 29.4 Å². The van der Waals surface area contributed by atoms with Crippen molar-refractivity contribution >= 4 is 46.0 Å². The van der Waals surface area contributed by atoms with E-state index >= 15 is 0 Å². The Morgan fingerprint density at radius 3 is 2.77 bits per heavy atom. The van der Waals surface area contributed by atoms with Gasteiger partial charge in [0.15, 0.2) is 5.11 Å². The third kappa shape index (κ3) is 4.16. The smallest absolute Gasteiger partial charge is 0.174 e. The normalized spacial score (nSPS) is 18.5. The van der Waals surface area contributed by atoms with Crippen molar-refractivity contribution in [3.63, 3.8) is 0 Å². The molecule has 1 aliphatic rings. The number of hydrogen-bond donors (Lipinski definition) is 1. The van der Waals surface area contributed by atoms with Crippen LogP contribution in [0.1, 0.15) is 28.2 Å². The molecule has 0 spiro atoms. The van der Waals surface area contributed by atoms with Crippen molar-refractivity contribution in [3.05, 3.63) is 75.2 Å². The Bertz CT molecular complexity index is 1030. The van der Waals surface area contributed by atoms with E-state index in [9.17, 15) is 0 Å². The number of aromatic nitrogens is 1. The molecule has 5 nitrogen and oxygen atoms in total. The minimum Gasteiger partial charge on any atom is -0.490 e. The number of nitrogens with one attached hydrogen (secondary N) is 1. The molecule has 3 heterocycles. The fraction of sp³-hybridized carbons (Fsp3) is 0.273. The Morgan fingerprint density at radius 2 is 2.10 bits per heavy atom. The van der Waals surface area contributed by atoms with Gasteiger partial charge in [0.1, 0.15) is 12.4 Å². The summed E-state index contributed by atoms with van der Waals surface area (Å²) in [6, 6.07) is 13.7. The van der Waals surface area contributed by atoms with Crippen LogP contribution in [-0.4, -0.2) is 30.4 Å². The summed E-state index contributed by atoms with van der Waals surface area (Å²) in [6.07, 6.45) is 1.81. The van der Waals surface area contributed by atoms with Crippen LogP contribution in [0, 0.1) is 6.92 Å². The molecule has 1 aromatic carbocycles. The van der Waals surface area contributed by atoms with Gasteiger partial charge in [0, 0.05) is 23.9 Å². The van der Waals surface area contributed by atoms with Gasteiger partial charge in [-0.25, -0.2) is 0 Å². The maximum absolute atomic E-state index is 6.53. The van der Waals surface area contributed by atoms with E-state index in [2.05, 4.69) is 33.6 Å². The van der Waals surface area contributed by atoms with Crippen LogP contribution >= 0.6 is 35.2 Å². The predicted molar refractivity (Wildman–Crippen MR) is 126 cm³/mol. The molecule has 1 fully saturated rings. The maximum Gasteiger partial charge on any atom is 0.174 e. The zero-order valence-corrected chi connectivity index (χ0v) is 19.1. The standard InChI is InChI=1S/C22H22ClN3O2S2/c1-14-8-12-30-21(14)20-19(17-5-3-4-9-24-17)25-22(29)26(20)15-6-7-18(16(23)13-15)28-11-10-27-2/h3-9,12-13,19-20H,10-11H2,1-2H3,(H,25,29)/t19-,20+/m0/s1. The molecule has 156 valence electrons. The summed E-state index contributed by atoms with van der Waals surface area (Å²) < 4.78 is 10.7. The van der Waals surface area contributed by atoms with E-state index in [1.165, 1.54) is 10.4 Å². The number of thiophene rings is 1. The molecule has 0 aliphatic carbocycles. The number of rotatable bonds is 7. The van der Waals surface area contributed by atoms with E-state index in [4.69, 9.17) is 33.3 Å². The first-order valence-electron chi connectivity index (χ1n) is 9.56. The summed E-state index contributed by atoms with van der Waals surface area (Å²) in [7, 11) is 1.64. The third-order valence-corrected chi connectivity index (χ3v) is 6.71. The Hall–Kier alpha value is -2.19. The van der Waals surface area contributed by atoms with Crippen LogP contribution in [0.15, 0.2) is 54.0 Å². The van der Waals surface area contributed by atoms with Crippen molar-refractivity contribution in [1.82, 2.24) is 10.3 Å². The number of nitrogens with zero attached hydrogens (tertiary/aromatic N) is 2. The van der Waals surface area contributed by atoms with Gasteiger partial charge >= 0.3 is 0 Å².